The molecule has 0 radical (unpaired) electrons. The molecule has 2 nitrogen and oxygen atoms in total. The predicted octanol–water partition coefficient (Wildman–Crippen LogP) is 3.83. The lowest BCUT2D eigenvalue weighted by Crippen LogP contribution is -2.62. The van der Waals surface area contributed by atoms with Crippen molar-refractivity contribution in [3.63, 3.8) is 0 Å². The Balaban J connectivity index is 1.80. The third-order valence-corrected chi connectivity index (χ3v) is 5.40. The molecule has 2 aliphatic rings. The van der Waals surface area contributed by atoms with Crippen LogP contribution in [0.5, 0.6) is 0 Å². The van der Waals surface area contributed by atoms with Gasteiger partial charge in [-0.1, -0.05) is 30.7 Å². The fourth-order valence-electron chi connectivity index (χ4n) is 3.35. The van der Waals surface area contributed by atoms with E-state index in [1.807, 2.05) is 12.1 Å². The summed E-state index contributed by atoms with van der Waals surface area (Å²) in [4.78, 5) is 2.46. The Morgan fingerprint density at radius 2 is 2.19 bits per heavy atom. The molecule has 2 atom stereocenters. The van der Waals surface area contributed by atoms with Gasteiger partial charge < -0.3 is 5.32 Å². The second-order valence-electron chi connectivity index (χ2n) is 6.82. The zero-order valence-electron chi connectivity index (χ0n) is 12.8. The molecule has 3 rings (SSSR count). The topological polar surface area (TPSA) is 15.3 Å². The standard InChI is InChI=1S/C17H24ClFN2/c1-3-17(2)11-21(15(9-20-17)12-7-8-12)10-13-5-4-6-14(18)16(13)19/h4-6,12,15,20H,3,7-11H2,1-2H3. The molecule has 2 unspecified atom stereocenters. The van der Waals surface area contributed by atoms with Gasteiger partial charge in [-0.05, 0) is 38.2 Å². The van der Waals surface area contributed by atoms with Gasteiger partial charge in [0.2, 0.25) is 0 Å². The lowest BCUT2D eigenvalue weighted by atomic mass is 9.91. The maximum absolute atomic E-state index is 14.2. The third kappa shape index (κ3) is 3.25. The van der Waals surface area contributed by atoms with E-state index >= 15 is 0 Å². The zero-order valence-corrected chi connectivity index (χ0v) is 13.6. The van der Waals surface area contributed by atoms with Gasteiger partial charge in [0.25, 0.3) is 0 Å². The summed E-state index contributed by atoms with van der Waals surface area (Å²) < 4.78 is 14.2. The van der Waals surface area contributed by atoms with E-state index in [0.717, 1.165) is 25.4 Å². The Morgan fingerprint density at radius 3 is 2.86 bits per heavy atom. The summed E-state index contributed by atoms with van der Waals surface area (Å²) in [6.45, 7) is 7.11. The largest absolute Gasteiger partial charge is 0.309 e. The van der Waals surface area contributed by atoms with Crippen molar-refractivity contribution in [3.8, 4) is 0 Å². The number of hydrogen-bond acceptors (Lipinski definition) is 2. The minimum atomic E-state index is -0.259. The van der Waals surface area contributed by atoms with Crippen molar-refractivity contribution >= 4 is 11.6 Å². The van der Waals surface area contributed by atoms with Crippen LogP contribution in [0.15, 0.2) is 18.2 Å². The van der Waals surface area contributed by atoms with Gasteiger partial charge >= 0.3 is 0 Å². The predicted molar refractivity (Wildman–Crippen MR) is 85.0 cm³/mol. The van der Waals surface area contributed by atoms with Crippen LogP contribution in [0.3, 0.4) is 0 Å². The Morgan fingerprint density at radius 1 is 1.43 bits per heavy atom. The molecule has 1 saturated heterocycles. The average Bonchev–Trinajstić information content (AvgIpc) is 3.29. The molecule has 2 fully saturated rings. The lowest BCUT2D eigenvalue weighted by molar-refractivity contribution is 0.0653. The quantitative estimate of drug-likeness (QED) is 0.909. The normalized spacial score (nSPS) is 30.6. The summed E-state index contributed by atoms with van der Waals surface area (Å²) in [5.74, 6) is 0.520. The molecule has 1 heterocycles. The molecule has 21 heavy (non-hydrogen) atoms. The molecule has 1 saturated carbocycles. The van der Waals surface area contributed by atoms with Gasteiger partial charge in [0.05, 0.1) is 5.02 Å². The first kappa shape index (κ1) is 15.3. The van der Waals surface area contributed by atoms with Gasteiger partial charge in [0.15, 0.2) is 0 Å². The van der Waals surface area contributed by atoms with E-state index in [1.54, 1.807) is 6.07 Å². The highest BCUT2D eigenvalue weighted by Crippen LogP contribution is 2.38. The van der Waals surface area contributed by atoms with Crippen LogP contribution in [0.2, 0.25) is 5.02 Å². The molecule has 116 valence electrons. The first-order chi connectivity index (χ1) is 10.0. The van der Waals surface area contributed by atoms with Crippen molar-refractivity contribution < 1.29 is 4.39 Å². The first-order valence-corrected chi connectivity index (χ1v) is 8.32. The number of nitrogens with one attached hydrogen (secondary N) is 1. The van der Waals surface area contributed by atoms with E-state index in [1.165, 1.54) is 12.8 Å². The molecule has 0 bridgehead atoms. The lowest BCUT2D eigenvalue weighted by Gasteiger charge is -2.46. The van der Waals surface area contributed by atoms with Crippen LogP contribution in [-0.4, -0.2) is 29.6 Å². The monoisotopic (exact) mass is 310 g/mol. The Hall–Kier alpha value is -0.640. The maximum atomic E-state index is 14.2. The van der Waals surface area contributed by atoms with Crippen LogP contribution >= 0.6 is 11.6 Å². The number of rotatable bonds is 4. The van der Waals surface area contributed by atoms with Crippen LogP contribution in [0, 0.1) is 11.7 Å². The summed E-state index contributed by atoms with van der Waals surface area (Å²) in [7, 11) is 0. The molecule has 0 amide bonds. The van der Waals surface area contributed by atoms with Gasteiger partial charge in [-0.2, -0.15) is 0 Å². The maximum Gasteiger partial charge on any atom is 0.146 e. The van der Waals surface area contributed by atoms with Crippen LogP contribution in [0.25, 0.3) is 0 Å². The van der Waals surface area contributed by atoms with E-state index < -0.39 is 0 Å². The second kappa shape index (κ2) is 5.86. The van der Waals surface area contributed by atoms with Crippen LogP contribution in [-0.2, 0) is 6.54 Å². The molecular formula is C17H24ClFN2. The molecule has 1 aromatic rings. The summed E-state index contributed by atoms with van der Waals surface area (Å²) in [5.41, 5.74) is 0.842. The number of nitrogens with zero attached hydrogens (tertiary/aromatic N) is 1. The Kier molecular flexibility index (Phi) is 4.26. The molecule has 1 N–H and O–H groups in total. The van der Waals surface area contributed by atoms with Gasteiger partial charge in [-0.3, -0.25) is 4.90 Å². The summed E-state index contributed by atoms with van der Waals surface area (Å²) >= 11 is 5.92. The van der Waals surface area contributed by atoms with E-state index in [4.69, 9.17) is 11.6 Å². The molecule has 1 aromatic carbocycles. The highest BCUT2D eigenvalue weighted by molar-refractivity contribution is 6.30. The van der Waals surface area contributed by atoms with Crippen molar-refractivity contribution in [2.75, 3.05) is 13.1 Å². The van der Waals surface area contributed by atoms with Crippen LogP contribution in [0.1, 0.15) is 38.7 Å². The molecule has 4 heteroatoms. The SMILES string of the molecule is CCC1(C)CN(Cc2cccc(Cl)c2F)C(C2CC2)CN1. The fourth-order valence-corrected chi connectivity index (χ4v) is 3.54. The van der Waals surface area contributed by atoms with Crippen molar-refractivity contribution in [1.82, 2.24) is 10.2 Å². The van der Waals surface area contributed by atoms with Crippen molar-refractivity contribution in [2.45, 2.75) is 51.2 Å². The number of hydrogen-bond donors (Lipinski definition) is 1. The van der Waals surface area contributed by atoms with E-state index in [2.05, 4.69) is 24.1 Å². The smallest absolute Gasteiger partial charge is 0.146 e. The highest BCUT2D eigenvalue weighted by atomic mass is 35.5. The summed E-state index contributed by atoms with van der Waals surface area (Å²) in [6.07, 6.45) is 3.70. The third-order valence-electron chi connectivity index (χ3n) is 5.11. The van der Waals surface area contributed by atoms with Crippen molar-refractivity contribution in [1.29, 1.82) is 0 Å². The minimum absolute atomic E-state index is 0.125. The number of piperazine rings is 1. The van der Waals surface area contributed by atoms with Crippen LogP contribution < -0.4 is 5.32 Å². The molecule has 1 aliphatic heterocycles. The molecule has 0 spiro atoms. The molecule has 1 aliphatic carbocycles. The number of halogens is 2. The van der Waals surface area contributed by atoms with Gasteiger partial charge in [0, 0.05) is 36.8 Å². The zero-order chi connectivity index (χ0) is 15.0. The summed E-state index contributed by atoms with van der Waals surface area (Å²) in [5, 5.41) is 3.92. The van der Waals surface area contributed by atoms with Crippen molar-refractivity contribution in [2.24, 2.45) is 5.92 Å². The Labute approximate surface area is 131 Å². The minimum Gasteiger partial charge on any atom is -0.309 e. The van der Waals surface area contributed by atoms with Crippen LogP contribution in [0.4, 0.5) is 4.39 Å². The van der Waals surface area contributed by atoms with Gasteiger partial charge in [0.1, 0.15) is 5.82 Å². The van der Waals surface area contributed by atoms with E-state index in [9.17, 15) is 4.39 Å². The summed E-state index contributed by atoms with van der Waals surface area (Å²) in [6, 6.07) is 5.85. The van der Waals surface area contributed by atoms with Gasteiger partial charge in [-0.15, -0.1) is 0 Å². The van der Waals surface area contributed by atoms with Crippen molar-refractivity contribution in [3.05, 3.63) is 34.6 Å². The molecule has 0 aromatic heterocycles. The Bertz CT molecular complexity index is 518. The average molecular weight is 311 g/mol. The first-order valence-electron chi connectivity index (χ1n) is 7.94. The molecular weight excluding hydrogens is 287 g/mol. The van der Waals surface area contributed by atoms with E-state index in [0.29, 0.717) is 18.2 Å². The van der Waals surface area contributed by atoms with E-state index in [-0.39, 0.29) is 16.4 Å². The highest BCUT2D eigenvalue weighted by Gasteiger charge is 2.41. The second-order valence-corrected chi connectivity index (χ2v) is 7.23. The number of benzene rings is 1. The fraction of sp³-hybridized carbons (Fsp3) is 0.647. The van der Waals surface area contributed by atoms with Gasteiger partial charge in [-0.25, -0.2) is 4.39 Å².